The van der Waals surface area contributed by atoms with Crippen molar-refractivity contribution in [3.63, 3.8) is 0 Å². The average molecular weight is 375 g/mol. The van der Waals surface area contributed by atoms with Crippen molar-refractivity contribution in [1.82, 2.24) is 4.90 Å². The number of benzene rings is 1. The Hall–Kier alpha value is -2.74. The second kappa shape index (κ2) is 9.27. The molecule has 27 heavy (non-hydrogen) atoms. The number of carboxylic acids is 1. The lowest BCUT2D eigenvalue weighted by Crippen LogP contribution is -2.43. The summed E-state index contributed by atoms with van der Waals surface area (Å²) in [6.07, 6.45) is 1.13. The van der Waals surface area contributed by atoms with E-state index in [1.54, 1.807) is 36.1 Å². The van der Waals surface area contributed by atoms with Gasteiger partial charge < -0.3 is 20.5 Å². The van der Waals surface area contributed by atoms with Crippen LogP contribution in [0.3, 0.4) is 0 Å². The van der Waals surface area contributed by atoms with Crippen molar-refractivity contribution in [2.45, 2.75) is 32.3 Å². The number of likely N-dealkylation sites (tertiary alicyclic amines) is 1. The fourth-order valence-corrected chi connectivity index (χ4v) is 3.06. The first kappa shape index (κ1) is 20.6. The predicted octanol–water partition coefficient (Wildman–Crippen LogP) is 1.27. The number of hydrogen-bond donors (Lipinski definition) is 3. The molecule has 1 aromatic rings. The summed E-state index contributed by atoms with van der Waals surface area (Å²) in [7, 11) is 0. The Morgan fingerprint density at radius 1 is 1.22 bits per heavy atom. The van der Waals surface area contributed by atoms with Crippen molar-refractivity contribution in [2.75, 3.05) is 19.7 Å². The number of carbonyl (C=O) groups excluding carboxylic acids is 2. The van der Waals surface area contributed by atoms with E-state index in [4.69, 9.17) is 21.0 Å². The zero-order valence-electron chi connectivity index (χ0n) is 15.3. The molecule has 1 aliphatic rings. The Kier molecular flexibility index (Phi) is 7.06. The van der Waals surface area contributed by atoms with Gasteiger partial charge in [-0.3, -0.25) is 15.0 Å². The van der Waals surface area contributed by atoms with Gasteiger partial charge in [-0.15, -0.1) is 0 Å². The molecule has 0 bridgehead atoms. The Morgan fingerprint density at radius 3 is 2.30 bits per heavy atom. The molecule has 1 amide bonds. The third-order valence-corrected chi connectivity index (χ3v) is 4.63. The van der Waals surface area contributed by atoms with Crippen molar-refractivity contribution in [3.8, 4) is 0 Å². The number of piperidine rings is 1. The maximum absolute atomic E-state index is 12.6. The maximum Gasteiger partial charge on any atom is 0.329 e. The van der Waals surface area contributed by atoms with E-state index < -0.39 is 11.9 Å². The minimum absolute atomic E-state index is 0.0618. The molecule has 0 aromatic heterocycles. The topological polar surface area (TPSA) is 134 Å². The van der Waals surface area contributed by atoms with E-state index in [1.165, 1.54) is 0 Å². The van der Waals surface area contributed by atoms with Crippen LogP contribution in [0, 0.1) is 11.3 Å². The fraction of sp³-hybridized carbons (Fsp3) is 0.474. The predicted molar refractivity (Wildman–Crippen MR) is 98.8 cm³/mol. The van der Waals surface area contributed by atoms with E-state index in [2.05, 4.69) is 0 Å². The molecule has 1 atom stereocenters. The Morgan fingerprint density at radius 2 is 1.78 bits per heavy atom. The van der Waals surface area contributed by atoms with E-state index in [0.717, 1.165) is 0 Å². The Labute approximate surface area is 157 Å². The van der Waals surface area contributed by atoms with Gasteiger partial charge in [0.25, 0.3) is 0 Å². The summed E-state index contributed by atoms with van der Waals surface area (Å²) in [5, 5.41) is 16.0. The van der Waals surface area contributed by atoms with Gasteiger partial charge in [0.2, 0.25) is 5.91 Å². The lowest BCUT2D eigenvalue weighted by Gasteiger charge is -2.33. The number of nitrogens with zero attached hydrogens (tertiary/aromatic N) is 1. The van der Waals surface area contributed by atoms with Gasteiger partial charge in [-0.05, 0) is 12.8 Å². The zero-order chi connectivity index (χ0) is 20.0. The molecule has 1 aromatic carbocycles. The second-order valence-electron chi connectivity index (χ2n) is 6.75. The van der Waals surface area contributed by atoms with Gasteiger partial charge >= 0.3 is 5.97 Å². The highest BCUT2D eigenvalue weighted by Crippen LogP contribution is 2.19. The van der Waals surface area contributed by atoms with Gasteiger partial charge in [0.1, 0.15) is 12.4 Å². The molecule has 0 aliphatic carbocycles. The van der Waals surface area contributed by atoms with Crippen molar-refractivity contribution >= 4 is 23.5 Å². The Balaban J connectivity index is 1.84. The number of amides is 1. The molecule has 0 radical (unpaired) electrons. The largest absolute Gasteiger partial charge is 0.480 e. The van der Waals surface area contributed by atoms with Crippen LogP contribution < -0.4 is 5.73 Å². The summed E-state index contributed by atoms with van der Waals surface area (Å²) in [6, 6.07) is 6.46. The molecule has 1 heterocycles. The number of carbonyl (C=O) groups is 3. The first-order valence-electron chi connectivity index (χ1n) is 8.87. The quantitative estimate of drug-likeness (QED) is 0.356. The Bertz CT molecular complexity index is 709. The number of Topliss-reactive ketones (excluding diaryl/α,β-unsaturated/α-hetero) is 1. The van der Waals surface area contributed by atoms with Gasteiger partial charge in [0.15, 0.2) is 5.78 Å². The number of hydrogen-bond acceptors (Lipinski definition) is 5. The molecule has 2 rings (SSSR count). The zero-order valence-corrected chi connectivity index (χ0v) is 15.3. The molecular weight excluding hydrogens is 350 g/mol. The SMILES string of the molecule is CC(CC(=O)c1ccc(C(=N)N)cc1)C(=O)N1CCC(OCC(=O)O)CC1. The summed E-state index contributed by atoms with van der Waals surface area (Å²) >= 11 is 0. The summed E-state index contributed by atoms with van der Waals surface area (Å²) in [4.78, 5) is 37.2. The number of amidine groups is 1. The minimum atomic E-state index is -1.00. The lowest BCUT2D eigenvalue weighted by atomic mass is 9.96. The second-order valence-corrected chi connectivity index (χ2v) is 6.75. The first-order chi connectivity index (χ1) is 12.8. The van der Waals surface area contributed by atoms with Crippen LogP contribution in [0.25, 0.3) is 0 Å². The van der Waals surface area contributed by atoms with Crippen LogP contribution >= 0.6 is 0 Å². The normalized spacial score (nSPS) is 16.0. The van der Waals surface area contributed by atoms with E-state index >= 15 is 0 Å². The van der Waals surface area contributed by atoms with E-state index in [1.807, 2.05) is 0 Å². The number of ketones is 1. The van der Waals surface area contributed by atoms with Gasteiger partial charge in [0.05, 0.1) is 6.10 Å². The number of nitrogens with one attached hydrogen (secondary N) is 1. The van der Waals surface area contributed by atoms with Crippen LogP contribution in [0.2, 0.25) is 0 Å². The highest BCUT2D eigenvalue weighted by atomic mass is 16.5. The van der Waals surface area contributed by atoms with Crippen molar-refractivity contribution in [1.29, 1.82) is 5.41 Å². The molecule has 1 aliphatic heterocycles. The lowest BCUT2D eigenvalue weighted by molar-refractivity contribution is -0.147. The molecule has 146 valence electrons. The summed E-state index contributed by atoms with van der Waals surface area (Å²) < 4.78 is 5.27. The van der Waals surface area contributed by atoms with Gasteiger partial charge in [-0.2, -0.15) is 0 Å². The van der Waals surface area contributed by atoms with Crippen molar-refractivity contribution in [3.05, 3.63) is 35.4 Å². The average Bonchev–Trinajstić information content (AvgIpc) is 2.66. The van der Waals surface area contributed by atoms with Crippen LogP contribution in [0.4, 0.5) is 0 Å². The van der Waals surface area contributed by atoms with E-state index in [-0.39, 0.29) is 36.7 Å². The summed E-state index contributed by atoms with van der Waals surface area (Å²) in [5.74, 6) is -1.72. The maximum atomic E-state index is 12.6. The van der Waals surface area contributed by atoms with Crippen LogP contribution in [-0.2, 0) is 14.3 Å². The number of ether oxygens (including phenoxy) is 1. The summed E-state index contributed by atoms with van der Waals surface area (Å²) in [6.45, 7) is 2.40. The number of aliphatic carboxylic acids is 1. The van der Waals surface area contributed by atoms with Gasteiger partial charge in [-0.25, -0.2) is 4.79 Å². The summed E-state index contributed by atoms with van der Waals surface area (Å²) in [5.41, 5.74) is 6.43. The molecule has 8 heteroatoms. The highest BCUT2D eigenvalue weighted by molar-refractivity contribution is 6.00. The van der Waals surface area contributed by atoms with E-state index in [9.17, 15) is 14.4 Å². The molecule has 1 saturated heterocycles. The first-order valence-corrected chi connectivity index (χ1v) is 8.87. The smallest absolute Gasteiger partial charge is 0.329 e. The number of carboxylic acid groups (broad SMARTS) is 1. The molecule has 1 unspecified atom stereocenters. The van der Waals surface area contributed by atoms with Crippen LogP contribution in [0.5, 0.6) is 0 Å². The molecule has 4 N–H and O–H groups in total. The molecule has 8 nitrogen and oxygen atoms in total. The van der Waals surface area contributed by atoms with Crippen LogP contribution in [0.1, 0.15) is 42.1 Å². The van der Waals surface area contributed by atoms with Crippen molar-refractivity contribution in [2.24, 2.45) is 11.7 Å². The number of nitrogens with two attached hydrogens (primary N) is 1. The van der Waals surface area contributed by atoms with Crippen LogP contribution in [-0.4, -0.2) is 59.3 Å². The molecule has 0 spiro atoms. The van der Waals surface area contributed by atoms with Crippen molar-refractivity contribution < 1.29 is 24.2 Å². The fourth-order valence-electron chi connectivity index (χ4n) is 3.06. The molecular formula is C19H25N3O5. The van der Waals surface area contributed by atoms with Crippen LogP contribution in [0.15, 0.2) is 24.3 Å². The monoisotopic (exact) mass is 375 g/mol. The van der Waals surface area contributed by atoms with Gasteiger partial charge in [0, 0.05) is 36.6 Å². The third kappa shape index (κ3) is 5.89. The standard InChI is InChI=1S/C19H25N3O5/c1-12(10-16(23)13-2-4-14(5-3-13)18(20)21)19(26)22-8-6-15(7-9-22)27-11-17(24)25/h2-5,12,15H,6-11H2,1H3,(H3,20,21)(H,24,25). The highest BCUT2D eigenvalue weighted by Gasteiger charge is 2.28. The minimum Gasteiger partial charge on any atom is -0.480 e. The third-order valence-electron chi connectivity index (χ3n) is 4.63. The number of rotatable bonds is 8. The van der Waals surface area contributed by atoms with Gasteiger partial charge in [-0.1, -0.05) is 31.2 Å². The number of nitrogen functional groups attached to an aromatic ring is 1. The van der Waals surface area contributed by atoms with E-state index in [0.29, 0.717) is 37.1 Å². The molecule has 0 saturated carbocycles. The molecule has 1 fully saturated rings.